The molecule has 4 nitrogen and oxygen atoms in total. The Bertz CT molecular complexity index is 602. The molecular weight excluding hydrogens is 273 g/mol. The first-order valence-electron chi connectivity index (χ1n) is 5.05. The fourth-order valence-electron chi connectivity index (χ4n) is 1.34. The van der Waals surface area contributed by atoms with Crippen molar-refractivity contribution in [3.05, 3.63) is 52.3 Å². The minimum Gasteiger partial charge on any atom is -0.398 e. The summed E-state index contributed by atoms with van der Waals surface area (Å²) in [5, 5.41) is 3.20. The number of hydrogen-bond acceptors (Lipinski definition) is 3. The molecule has 18 heavy (non-hydrogen) atoms. The zero-order valence-electron chi connectivity index (χ0n) is 9.15. The Morgan fingerprint density at radius 2 is 2.06 bits per heavy atom. The van der Waals surface area contributed by atoms with E-state index in [0.717, 1.165) is 0 Å². The topological polar surface area (TPSA) is 68.0 Å². The van der Waals surface area contributed by atoms with Gasteiger partial charge in [0, 0.05) is 11.8 Å². The van der Waals surface area contributed by atoms with E-state index in [1.807, 2.05) is 0 Å². The maximum absolute atomic E-state index is 11.9. The van der Waals surface area contributed by atoms with Crippen molar-refractivity contribution in [1.82, 2.24) is 4.98 Å². The molecule has 0 atom stereocenters. The number of nitrogens with zero attached hydrogens (tertiary/aromatic N) is 1. The van der Waals surface area contributed by atoms with Crippen molar-refractivity contribution < 1.29 is 4.79 Å². The highest BCUT2D eigenvalue weighted by molar-refractivity contribution is 6.34. The van der Waals surface area contributed by atoms with Crippen molar-refractivity contribution >= 4 is 40.5 Å². The molecule has 0 aliphatic heterocycles. The molecule has 1 aromatic heterocycles. The van der Waals surface area contributed by atoms with Crippen LogP contribution in [0.5, 0.6) is 0 Å². The van der Waals surface area contributed by atoms with Gasteiger partial charge in [-0.15, -0.1) is 0 Å². The van der Waals surface area contributed by atoms with E-state index in [4.69, 9.17) is 28.9 Å². The van der Waals surface area contributed by atoms with Gasteiger partial charge in [-0.2, -0.15) is 0 Å². The Kier molecular flexibility index (Phi) is 3.69. The van der Waals surface area contributed by atoms with Gasteiger partial charge in [-0.25, -0.2) is 4.98 Å². The van der Waals surface area contributed by atoms with E-state index in [2.05, 4.69) is 10.3 Å². The number of pyridine rings is 1. The van der Waals surface area contributed by atoms with Crippen LogP contribution >= 0.6 is 23.2 Å². The maximum atomic E-state index is 11.9. The number of nitrogens with two attached hydrogens (primary N) is 1. The fraction of sp³-hybridized carbons (Fsp3) is 0. The van der Waals surface area contributed by atoms with Crippen molar-refractivity contribution in [1.29, 1.82) is 0 Å². The Hall–Kier alpha value is -1.78. The molecule has 92 valence electrons. The lowest BCUT2D eigenvalue weighted by Crippen LogP contribution is -2.12. The number of halogens is 2. The number of amides is 1. The Labute approximate surface area is 114 Å². The number of carbonyl (C=O) groups is 1. The summed E-state index contributed by atoms with van der Waals surface area (Å²) in [4.78, 5) is 15.8. The third-order valence-corrected chi connectivity index (χ3v) is 2.90. The molecule has 0 unspecified atom stereocenters. The van der Waals surface area contributed by atoms with Gasteiger partial charge in [0.2, 0.25) is 0 Å². The molecule has 1 aromatic carbocycles. The lowest BCUT2D eigenvalue weighted by molar-refractivity contribution is 0.102. The van der Waals surface area contributed by atoms with Crippen LogP contribution in [0.2, 0.25) is 10.2 Å². The second-order valence-electron chi connectivity index (χ2n) is 3.53. The Morgan fingerprint density at radius 3 is 2.72 bits per heavy atom. The standard InChI is InChI=1S/C12H9Cl2N3O/c13-8-6-7(3-4-9(8)15)12(18)17-10-2-1-5-16-11(10)14/h1-6H,15H2,(H,17,18). The molecule has 0 bridgehead atoms. The molecule has 0 saturated carbocycles. The van der Waals surface area contributed by atoms with Crippen LogP contribution in [0.1, 0.15) is 10.4 Å². The number of benzene rings is 1. The highest BCUT2D eigenvalue weighted by atomic mass is 35.5. The van der Waals surface area contributed by atoms with Crippen LogP contribution < -0.4 is 11.1 Å². The van der Waals surface area contributed by atoms with E-state index in [9.17, 15) is 4.79 Å². The number of nitrogen functional groups attached to an aromatic ring is 1. The van der Waals surface area contributed by atoms with Crippen molar-refractivity contribution in [3.63, 3.8) is 0 Å². The van der Waals surface area contributed by atoms with E-state index >= 15 is 0 Å². The Morgan fingerprint density at radius 1 is 1.28 bits per heavy atom. The number of rotatable bonds is 2. The van der Waals surface area contributed by atoms with Crippen molar-refractivity contribution in [3.8, 4) is 0 Å². The first-order chi connectivity index (χ1) is 8.58. The van der Waals surface area contributed by atoms with Crippen LogP contribution in [0.15, 0.2) is 36.5 Å². The van der Waals surface area contributed by atoms with Gasteiger partial charge in [0.05, 0.1) is 16.4 Å². The monoisotopic (exact) mass is 281 g/mol. The minimum absolute atomic E-state index is 0.229. The molecule has 0 spiro atoms. The van der Waals surface area contributed by atoms with Crippen molar-refractivity contribution in [2.75, 3.05) is 11.1 Å². The van der Waals surface area contributed by atoms with Gasteiger partial charge >= 0.3 is 0 Å². The van der Waals surface area contributed by atoms with Crippen molar-refractivity contribution in [2.45, 2.75) is 0 Å². The van der Waals surface area contributed by atoms with E-state index in [1.54, 1.807) is 24.3 Å². The summed E-state index contributed by atoms with van der Waals surface area (Å²) in [7, 11) is 0. The van der Waals surface area contributed by atoms with Gasteiger partial charge in [0.25, 0.3) is 5.91 Å². The van der Waals surface area contributed by atoms with Gasteiger partial charge < -0.3 is 11.1 Å². The largest absolute Gasteiger partial charge is 0.398 e. The first kappa shape index (κ1) is 12.7. The summed E-state index contributed by atoms with van der Waals surface area (Å²) in [6.45, 7) is 0. The average molecular weight is 282 g/mol. The maximum Gasteiger partial charge on any atom is 0.255 e. The highest BCUT2D eigenvalue weighted by Crippen LogP contribution is 2.22. The molecule has 0 radical (unpaired) electrons. The summed E-state index contributed by atoms with van der Waals surface area (Å²) < 4.78 is 0. The molecule has 0 fully saturated rings. The van der Waals surface area contributed by atoms with E-state index < -0.39 is 0 Å². The van der Waals surface area contributed by atoms with Gasteiger partial charge in [-0.1, -0.05) is 23.2 Å². The van der Waals surface area contributed by atoms with E-state index in [-0.39, 0.29) is 11.1 Å². The smallest absolute Gasteiger partial charge is 0.255 e. The molecule has 6 heteroatoms. The van der Waals surface area contributed by atoms with Crippen LogP contribution in [0.25, 0.3) is 0 Å². The first-order valence-corrected chi connectivity index (χ1v) is 5.80. The number of nitrogens with one attached hydrogen (secondary N) is 1. The predicted octanol–water partition coefficient (Wildman–Crippen LogP) is 3.22. The molecule has 0 aliphatic rings. The third-order valence-electron chi connectivity index (χ3n) is 2.27. The van der Waals surface area contributed by atoms with Gasteiger partial charge in [0.1, 0.15) is 0 Å². The van der Waals surface area contributed by atoms with Crippen LogP contribution in [-0.2, 0) is 0 Å². The SMILES string of the molecule is Nc1ccc(C(=O)Nc2cccnc2Cl)cc1Cl. The summed E-state index contributed by atoms with van der Waals surface area (Å²) in [5.74, 6) is -0.327. The number of hydrogen-bond donors (Lipinski definition) is 2. The normalized spacial score (nSPS) is 10.1. The average Bonchev–Trinajstić information content (AvgIpc) is 2.35. The lowest BCUT2D eigenvalue weighted by atomic mass is 10.2. The molecule has 1 heterocycles. The van der Waals surface area contributed by atoms with Crippen LogP contribution in [0.4, 0.5) is 11.4 Å². The molecular formula is C12H9Cl2N3O. The summed E-state index contributed by atoms with van der Waals surface area (Å²) in [6.07, 6.45) is 1.54. The van der Waals surface area contributed by atoms with Crippen LogP contribution in [-0.4, -0.2) is 10.9 Å². The number of aromatic nitrogens is 1. The van der Waals surface area contributed by atoms with Crippen LogP contribution in [0.3, 0.4) is 0 Å². The zero-order chi connectivity index (χ0) is 13.1. The Balaban J connectivity index is 2.22. The van der Waals surface area contributed by atoms with E-state index in [0.29, 0.717) is 22.0 Å². The number of carbonyl (C=O) groups excluding carboxylic acids is 1. The molecule has 1 amide bonds. The second kappa shape index (κ2) is 5.25. The molecule has 2 aromatic rings. The lowest BCUT2D eigenvalue weighted by Gasteiger charge is -2.07. The highest BCUT2D eigenvalue weighted by Gasteiger charge is 2.10. The molecule has 3 N–H and O–H groups in total. The third kappa shape index (κ3) is 2.72. The summed E-state index contributed by atoms with van der Waals surface area (Å²) >= 11 is 11.7. The molecule has 0 saturated heterocycles. The van der Waals surface area contributed by atoms with Gasteiger partial charge in [0.15, 0.2) is 5.15 Å². The van der Waals surface area contributed by atoms with E-state index in [1.165, 1.54) is 12.3 Å². The minimum atomic E-state index is -0.327. The number of anilines is 2. The van der Waals surface area contributed by atoms with Gasteiger partial charge in [-0.05, 0) is 30.3 Å². The van der Waals surface area contributed by atoms with Crippen LogP contribution in [0, 0.1) is 0 Å². The van der Waals surface area contributed by atoms with Gasteiger partial charge in [-0.3, -0.25) is 4.79 Å². The second-order valence-corrected chi connectivity index (χ2v) is 4.30. The summed E-state index contributed by atoms with van der Waals surface area (Å²) in [5.41, 5.74) is 6.83. The fourth-order valence-corrected chi connectivity index (χ4v) is 1.69. The summed E-state index contributed by atoms with van der Waals surface area (Å²) in [6, 6.07) is 7.99. The molecule has 2 rings (SSSR count). The zero-order valence-corrected chi connectivity index (χ0v) is 10.7. The predicted molar refractivity (Wildman–Crippen MR) is 73.1 cm³/mol. The quantitative estimate of drug-likeness (QED) is 0.656. The van der Waals surface area contributed by atoms with Crippen molar-refractivity contribution in [2.24, 2.45) is 0 Å². The molecule has 0 aliphatic carbocycles.